The number of halogens is 2. The van der Waals surface area contributed by atoms with E-state index in [9.17, 15) is 22.4 Å². The summed E-state index contributed by atoms with van der Waals surface area (Å²) in [7, 11) is -3.93. The zero-order valence-corrected chi connectivity index (χ0v) is 23.8. The van der Waals surface area contributed by atoms with Gasteiger partial charge in [-0.25, -0.2) is 12.8 Å². The molecule has 0 aromatic heterocycles. The van der Waals surface area contributed by atoms with Gasteiger partial charge in [-0.2, -0.15) is 0 Å². The third-order valence-corrected chi connectivity index (χ3v) is 7.60. The maximum absolute atomic E-state index is 14.8. The monoisotopic (exact) mass is 573 g/mol. The first-order chi connectivity index (χ1) is 18.5. The van der Waals surface area contributed by atoms with Gasteiger partial charge < -0.3 is 10.2 Å². The summed E-state index contributed by atoms with van der Waals surface area (Å²) in [6.45, 7) is 3.19. The van der Waals surface area contributed by atoms with Gasteiger partial charge in [-0.1, -0.05) is 73.1 Å². The van der Waals surface area contributed by atoms with Crippen molar-refractivity contribution in [3.63, 3.8) is 0 Å². The van der Waals surface area contributed by atoms with Gasteiger partial charge in [0.25, 0.3) is 0 Å². The van der Waals surface area contributed by atoms with E-state index in [2.05, 4.69) is 5.32 Å². The zero-order chi connectivity index (χ0) is 28.6. The van der Waals surface area contributed by atoms with E-state index in [0.29, 0.717) is 23.6 Å². The molecule has 0 bridgehead atoms. The fourth-order valence-corrected chi connectivity index (χ4v) is 5.24. The molecule has 39 heavy (non-hydrogen) atoms. The molecule has 0 saturated carbocycles. The standard InChI is InChI=1S/C29H33ClFN3O4S/c1-4-16-32-29(36)27(17-22-10-6-5-7-11-22)33(19-23-12-8-9-13-25(23)31)28(35)20-34(39(3,37)38)26-18-24(30)15-14-21(26)2/h5-15,18,27H,4,16-17,19-20H2,1-3H3,(H,32,36)/t27-/m0/s1. The fourth-order valence-electron chi connectivity index (χ4n) is 4.18. The van der Waals surface area contributed by atoms with Crippen molar-refractivity contribution in [3.8, 4) is 0 Å². The molecule has 2 amide bonds. The normalized spacial score (nSPS) is 12.0. The van der Waals surface area contributed by atoms with E-state index in [1.165, 1.54) is 29.2 Å². The smallest absolute Gasteiger partial charge is 0.244 e. The molecule has 3 rings (SSSR count). The average Bonchev–Trinajstić information content (AvgIpc) is 2.90. The second-order valence-corrected chi connectivity index (χ2v) is 11.7. The molecule has 1 N–H and O–H groups in total. The molecule has 0 spiro atoms. The predicted octanol–water partition coefficient (Wildman–Crippen LogP) is 4.72. The number of benzene rings is 3. The number of carbonyl (C=O) groups excluding carboxylic acids is 2. The first kappa shape index (κ1) is 30.1. The van der Waals surface area contributed by atoms with Crippen LogP contribution in [0.25, 0.3) is 0 Å². The molecule has 1 atom stereocenters. The van der Waals surface area contributed by atoms with Crippen LogP contribution in [-0.2, 0) is 32.6 Å². The number of aryl methyl sites for hydroxylation is 1. The number of hydrogen-bond donors (Lipinski definition) is 1. The molecule has 10 heteroatoms. The van der Waals surface area contributed by atoms with Gasteiger partial charge in [0.2, 0.25) is 21.8 Å². The van der Waals surface area contributed by atoms with Crippen LogP contribution in [0.5, 0.6) is 0 Å². The van der Waals surface area contributed by atoms with Gasteiger partial charge >= 0.3 is 0 Å². The number of carbonyl (C=O) groups is 2. The topological polar surface area (TPSA) is 86.8 Å². The summed E-state index contributed by atoms with van der Waals surface area (Å²) >= 11 is 6.15. The maximum atomic E-state index is 14.8. The van der Waals surface area contributed by atoms with Gasteiger partial charge in [0.05, 0.1) is 11.9 Å². The molecule has 3 aromatic rings. The largest absolute Gasteiger partial charge is 0.354 e. The number of sulfonamides is 1. The minimum atomic E-state index is -3.93. The third-order valence-electron chi connectivity index (χ3n) is 6.24. The Morgan fingerprint density at radius 3 is 2.33 bits per heavy atom. The highest BCUT2D eigenvalue weighted by Crippen LogP contribution is 2.27. The van der Waals surface area contributed by atoms with Gasteiger partial charge in [-0.15, -0.1) is 0 Å². The third kappa shape index (κ3) is 8.28. The van der Waals surface area contributed by atoms with E-state index in [1.807, 2.05) is 37.3 Å². The lowest BCUT2D eigenvalue weighted by Gasteiger charge is -2.34. The summed E-state index contributed by atoms with van der Waals surface area (Å²) in [5.74, 6) is -1.60. The summed E-state index contributed by atoms with van der Waals surface area (Å²) in [6.07, 6.45) is 1.84. The summed E-state index contributed by atoms with van der Waals surface area (Å²) in [5.41, 5.74) is 1.85. The van der Waals surface area contributed by atoms with Crippen LogP contribution in [0.1, 0.15) is 30.0 Å². The molecule has 0 fully saturated rings. The molecule has 0 radical (unpaired) electrons. The Balaban J connectivity index is 2.08. The molecule has 7 nitrogen and oxygen atoms in total. The second-order valence-electron chi connectivity index (χ2n) is 9.31. The van der Waals surface area contributed by atoms with Crippen LogP contribution < -0.4 is 9.62 Å². The highest BCUT2D eigenvalue weighted by Gasteiger charge is 2.33. The highest BCUT2D eigenvalue weighted by atomic mass is 35.5. The van der Waals surface area contributed by atoms with Crippen molar-refractivity contribution in [2.75, 3.05) is 23.7 Å². The van der Waals surface area contributed by atoms with E-state index in [1.54, 1.807) is 25.1 Å². The van der Waals surface area contributed by atoms with E-state index in [4.69, 9.17) is 11.6 Å². The number of anilines is 1. The average molecular weight is 574 g/mol. The Hall–Kier alpha value is -3.43. The second kappa shape index (κ2) is 13.6. The van der Waals surface area contributed by atoms with E-state index >= 15 is 0 Å². The van der Waals surface area contributed by atoms with Crippen molar-refractivity contribution in [2.45, 2.75) is 39.3 Å². The van der Waals surface area contributed by atoms with E-state index in [-0.39, 0.29) is 24.2 Å². The molecule has 3 aromatic carbocycles. The van der Waals surface area contributed by atoms with E-state index in [0.717, 1.165) is 16.1 Å². The van der Waals surface area contributed by atoms with E-state index < -0.39 is 40.2 Å². The number of nitrogens with zero attached hydrogens (tertiary/aromatic N) is 2. The number of amides is 2. The lowest BCUT2D eigenvalue weighted by Crippen LogP contribution is -2.53. The molecule has 0 aliphatic heterocycles. The molecule has 0 heterocycles. The van der Waals surface area contributed by atoms with Crippen molar-refractivity contribution in [1.82, 2.24) is 10.2 Å². The zero-order valence-electron chi connectivity index (χ0n) is 22.2. The van der Waals surface area contributed by atoms with Crippen LogP contribution in [0.3, 0.4) is 0 Å². The van der Waals surface area contributed by atoms with Crippen molar-refractivity contribution in [3.05, 3.63) is 100 Å². The maximum Gasteiger partial charge on any atom is 0.244 e. The Morgan fingerprint density at radius 2 is 1.69 bits per heavy atom. The Kier molecular flexibility index (Phi) is 10.5. The van der Waals surface area contributed by atoms with Crippen LogP contribution in [0.15, 0.2) is 72.8 Å². The molecule has 0 unspecified atom stereocenters. The van der Waals surface area contributed by atoms with Gasteiger partial charge in [0.1, 0.15) is 18.4 Å². The quantitative estimate of drug-likeness (QED) is 0.340. The van der Waals surface area contributed by atoms with Crippen LogP contribution in [0, 0.1) is 12.7 Å². The predicted molar refractivity (Wildman–Crippen MR) is 153 cm³/mol. The molecular formula is C29H33ClFN3O4S. The molecular weight excluding hydrogens is 541 g/mol. The summed E-state index contributed by atoms with van der Waals surface area (Å²) in [5, 5.41) is 3.15. The lowest BCUT2D eigenvalue weighted by atomic mass is 10.0. The van der Waals surface area contributed by atoms with Gasteiger partial charge in [-0.3, -0.25) is 13.9 Å². The van der Waals surface area contributed by atoms with Gasteiger partial charge in [0.15, 0.2) is 0 Å². The van der Waals surface area contributed by atoms with Crippen LogP contribution in [-0.4, -0.2) is 50.5 Å². The number of hydrogen-bond acceptors (Lipinski definition) is 4. The van der Waals surface area contributed by atoms with Crippen molar-refractivity contribution in [2.24, 2.45) is 0 Å². The number of rotatable bonds is 12. The first-order valence-electron chi connectivity index (χ1n) is 12.6. The summed E-state index contributed by atoms with van der Waals surface area (Å²) in [6, 6.07) is 18.9. The van der Waals surface area contributed by atoms with Crippen molar-refractivity contribution < 1.29 is 22.4 Å². The molecule has 0 saturated heterocycles. The Morgan fingerprint density at radius 1 is 1.03 bits per heavy atom. The Labute approximate surface area is 234 Å². The SMILES string of the molecule is CCCNC(=O)[C@H](Cc1ccccc1)N(Cc1ccccc1F)C(=O)CN(c1cc(Cl)ccc1C)S(C)(=O)=O. The van der Waals surface area contributed by atoms with Gasteiger partial charge in [0, 0.05) is 30.1 Å². The van der Waals surface area contributed by atoms with Gasteiger partial charge in [-0.05, 0) is 42.7 Å². The molecule has 208 valence electrons. The summed E-state index contributed by atoms with van der Waals surface area (Å²) < 4.78 is 41.5. The molecule has 0 aliphatic carbocycles. The minimum Gasteiger partial charge on any atom is -0.354 e. The van der Waals surface area contributed by atoms with Crippen molar-refractivity contribution in [1.29, 1.82) is 0 Å². The van der Waals surface area contributed by atoms with Crippen molar-refractivity contribution >= 4 is 39.1 Å². The lowest BCUT2D eigenvalue weighted by molar-refractivity contribution is -0.140. The molecule has 0 aliphatic rings. The minimum absolute atomic E-state index is 0.158. The van der Waals surface area contributed by atoms with Crippen LogP contribution >= 0.6 is 11.6 Å². The van der Waals surface area contributed by atoms with Crippen LogP contribution in [0.4, 0.5) is 10.1 Å². The summed E-state index contributed by atoms with van der Waals surface area (Å²) in [4.78, 5) is 28.7. The highest BCUT2D eigenvalue weighted by molar-refractivity contribution is 7.92. The Bertz CT molecular complexity index is 1400. The first-order valence-corrected chi connectivity index (χ1v) is 14.8. The fraction of sp³-hybridized carbons (Fsp3) is 0.310. The van der Waals surface area contributed by atoms with Crippen LogP contribution in [0.2, 0.25) is 5.02 Å². The number of nitrogens with one attached hydrogen (secondary N) is 1.